The fourth-order valence-electron chi connectivity index (χ4n) is 3.91. The molecule has 0 saturated carbocycles. The third-order valence-electron chi connectivity index (χ3n) is 5.40. The Kier molecular flexibility index (Phi) is 5.37. The molecule has 1 aromatic carbocycles. The van der Waals surface area contributed by atoms with E-state index in [4.69, 9.17) is 4.74 Å². The smallest absolute Gasteiger partial charge is 0.256 e. The van der Waals surface area contributed by atoms with E-state index in [1.54, 1.807) is 24.1 Å². The third kappa shape index (κ3) is 3.84. The van der Waals surface area contributed by atoms with E-state index in [1.807, 2.05) is 4.90 Å². The third-order valence-corrected chi connectivity index (χ3v) is 5.40. The lowest BCUT2D eigenvalue weighted by Crippen LogP contribution is -2.44. The van der Waals surface area contributed by atoms with Crippen LogP contribution in [0.2, 0.25) is 0 Å². The van der Waals surface area contributed by atoms with E-state index >= 15 is 0 Å². The van der Waals surface area contributed by atoms with Crippen molar-refractivity contribution >= 4 is 11.8 Å². The molecular formula is C19H25FN2O3. The normalized spacial score (nSPS) is 19.7. The summed E-state index contributed by atoms with van der Waals surface area (Å²) in [6, 6.07) is 6.10. The molecule has 0 radical (unpaired) electrons. The van der Waals surface area contributed by atoms with Crippen molar-refractivity contribution in [1.82, 2.24) is 9.80 Å². The second-order valence-corrected chi connectivity index (χ2v) is 7.11. The lowest BCUT2D eigenvalue weighted by atomic mass is 9.77. The van der Waals surface area contributed by atoms with Crippen LogP contribution < -0.4 is 0 Å². The molecule has 136 valence electrons. The van der Waals surface area contributed by atoms with Crippen molar-refractivity contribution in [3.63, 3.8) is 0 Å². The fourth-order valence-corrected chi connectivity index (χ4v) is 3.91. The molecule has 2 saturated heterocycles. The SMILES string of the molecule is COCCCN1CC2(CCN(C(=O)c3ccccc3F)CC2)CC1=O. The topological polar surface area (TPSA) is 49.9 Å². The van der Waals surface area contributed by atoms with Gasteiger partial charge in [-0.2, -0.15) is 0 Å². The number of likely N-dealkylation sites (tertiary alicyclic amines) is 2. The van der Waals surface area contributed by atoms with Crippen molar-refractivity contribution in [2.45, 2.75) is 25.7 Å². The number of ether oxygens (including phenoxy) is 1. The number of hydrogen-bond acceptors (Lipinski definition) is 3. The molecule has 0 atom stereocenters. The molecular weight excluding hydrogens is 323 g/mol. The number of amides is 2. The van der Waals surface area contributed by atoms with Crippen molar-refractivity contribution in [3.8, 4) is 0 Å². The van der Waals surface area contributed by atoms with Gasteiger partial charge in [0.15, 0.2) is 0 Å². The zero-order valence-corrected chi connectivity index (χ0v) is 14.7. The van der Waals surface area contributed by atoms with Crippen molar-refractivity contribution < 1.29 is 18.7 Å². The molecule has 1 spiro atoms. The maximum Gasteiger partial charge on any atom is 0.256 e. The molecule has 0 aliphatic carbocycles. The highest BCUT2D eigenvalue weighted by atomic mass is 19.1. The van der Waals surface area contributed by atoms with E-state index in [1.165, 1.54) is 12.1 Å². The van der Waals surface area contributed by atoms with Crippen LogP contribution in [0.4, 0.5) is 4.39 Å². The lowest BCUT2D eigenvalue weighted by Gasteiger charge is -2.38. The Bertz CT molecular complexity index is 641. The van der Waals surface area contributed by atoms with Gasteiger partial charge >= 0.3 is 0 Å². The zero-order valence-electron chi connectivity index (χ0n) is 14.7. The molecule has 0 bridgehead atoms. The summed E-state index contributed by atoms with van der Waals surface area (Å²) in [5.41, 5.74) is 0.0954. The minimum atomic E-state index is -0.479. The van der Waals surface area contributed by atoms with Crippen LogP contribution in [0.25, 0.3) is 0 Å². The predicted molar refractivity (Wildman–Crippen MR) is 91.7 cm³/mol. The van der Waals surface area contributed by atoms with Crippen LogP contribution in [-0.2, 0) is 9.53 Å². The van der Waals surface area contributed by atoms with Gasteiger partial charge in [0.25, 0.3) is 5.91 Å². The maximum absolute atomic E-state index is 13.8. The summed E-state index contributed by atoms with van der Waals surface area (Å²) in [5, 5.41) is 0. The van der Waals surface area contributed by atoms with Crippen LogP contribution in [0.1, 0.15) is 36.0 Å². The Balaban J connectivity index is 1.58. The Morgan fingerprint density at radius 2 is 2.00 bits per heavy atom. The molecule has 2 aliphatic rings. The molecule has 0 aromatic heterocycles. The number of halogens is 1. The molecule has 2 heterocycles. The van der Waals surface area contributed by atoms with Crippen molar-refractivity contribution in [3.05, 3.63) is 35.6 Å². The quantitative estimate of drug-likeness (QED) is 0.768. The van der Waals surface area contributed by atoms with Crippen LogP contribution in [0.5, 0.6) is 0 Å². The standard InChI is InChI=1S/C19H25FN2O3/c1-25-12-4-9-22-14-19(13-17(22)23)7-10-21(11-8-19)18(24)15-5-2-3-6-16(15)20/h2-3,5-6H,4,7-14H2,1H3. The minimum Gasteiger partial charge on any atom is -0.385 e. The van der Waals surface area contributed by atoms with Crippen molar-refractivity contribution in [2.75, 3.05) is 39.9 Å². The maximum atomic E-state index is 13.8. The first-order valence-corrected chi connectivity index (χ1v) is 8.85. The summed E-state index contributed by atoms with van der Waals surface area (Å²) in [5.74, 6) is -0.535. The van der Waals surface area contributed by atoms with Crippen LogP contribution in [0, 0.1) is 11.2 Å². The van der Waals surface area contributed by atoms with Crippen LogP contribution in [0.3, 0.4) is 0 Å². The summed E-state index contributed by atoms with van der Waals surface area (Å²) >= 11 is 0. The predicted octanol–water partition coefficient (Wildman–Crippen LogP) is 2.32. The number of nitrogens with zero attached hydrogens (tertiary/aromatic N) is 2. The van der Waals surface area contributed by atoms with Gasteiger partial charge in [0.2, 0.25) is 5.91 Å². The first-order valence-electron chi connectivity index (χ1n) is 8.85. The molecule has 6 heteroatoms. The van der Waals surface area contributed by atoms with Gasteiger partial charge in [-0.1, -0.05) is 12.1 Å². The molecule has 25 heavy (non-hydrogen) atoms. The first kappa shape index (κ1) is 17.9. The average molecular weight is 348 g/mol. The molecule has 1 aromatic rings. The van der Waals surface area contributed by atoms with Gasteiger partial charge in [-0.05, 0) is 31.4 Å². The first-order chi connectivity index (χ1) is 12.0. The number of methoxy groups -OCH3 is 1. The minimum absolute atomic E-state index is 0.0316. The number of benzene rings is 1. The lowest BCUT2D eigenvalue weighted by molar-refractivity contribution is -0.128. The number of rotatable bonds is 5. The van der Waals surface area contributed by atoms with Crippen LogP contribution >= 0.6 is 0 Å². The van der Waals surface area contributed by atoms with Crippen LogP contribution in [-0.4, -0.2) is 61.5 Å². The number of carbonyl (C=O) groups excluding carboxylic acids is 2. The van der Waals surface area contributed by atoms with Gasteiger partial charge in [0, 0.05) is 51.7 Å². The number of carbonyl (C=O) groups is 2. The van der Waals surface area contributed by atoms with Gasteiger partial charge in [0.1, 0.15) is 5.82 Å². The van der Waals surface area contributed by atoms with E-state index in [2.05, 4.69) is 0 Å². The number of hydrogen-bond donors (Lipinski definition) is 0. The molecule has 2 fully saturated rings. The van der Waals surface area contributed by atoms with E-state index in [9.17, 15) is 14.0 Å². The van der Waals surface area contributed by atoms with Crippen LogP contribution in [0.15, 0.2) is 24.3 Å². The van der Waals surface area contributed by atoms with E-state index in [0.29, 0.717) is 26.1 Å². The Hall–Kier alpha value is -1.95. The molecule has 0 N–H and O–H groups in total. The second kappa shape index (κ2) is 7.52. The summed E-state index contributed by atoms with van der Waals surface area (Å²) in [4.78, 5) is 28.4. The average Bonchev–Trinajstić information content (AvgIpc) is 2.91. The largest absolute Gasteiger partial charge is 0.385 e. The molecule has 3 rings (SSSR count). The van der Waals surface area contributed by atoms with Gasteiger partial charge in [0.05, 0.1) is 5.56 Å². The Morgan fingerprint density at radius 3 is 2.68 bits per heavy atom. The molecule has 2 aliphatic heterocycles. The van der Waals surface area contributed by atoms with Crippen molar-refractivity contribution in [2.24, 2.45) is 5.41 Å². The summed E-state index contributed by atoms with van der Waals surface area (Å²) in [6.45, 7) is 3.30. The van der Waals surface area contributed by atoms with E-state index < -0.39 is 5.82 Å². The Morgan fingerprint density at radius 1 is 1.28 bits per heavy atom. The Labute approximate surface area is 147 Å². The zero-order chi connectivity index (χ0) is 17.9. The van der Waals surface area contributed by atoms with Gasteiger partial charge < -0.3 is 14.5 Å². The second-order valence-electron chi connectivity index (χ2n) is 7.11. The highest BCUT2D eigenvalue weighted by molar-refractivity contribution is 5.94. The summed E-state index contributed by atoms with van der Waals surface area (Å²) in [6.07, 6.45) is 2.98. The summed E-state index contributed by atoms with van der Waals surface area (Å²) in [7, 11) is 1.66. The highest BCUT2D eigenvalue weighted by Crippen LogP contribution is 2.41. The molecule has 5 nitrogen and oxygen atoms in total. The van der Waals surface area contributed by atoms with Crippen molar-refractivity contribution in [1.29, 1.82) is 0 Å². The summed E-state index contributed by atoms with van der Waals surface area (Å²) < 4.78 is 18.9. The molecule has 2 amide bonds. The number of piperidine rings is 1. The molecule has 0 unspecified atom stereocenters. The van der Waals surface area contributed by atoms with E-state index in [0.717, 1.165) is 32.4 Å². The highest BCUT2D eigenvalue weighted by Gasteiger charge is 2.45. The van der Waals surface area contributed by atoms with Gasteiger partial charge in [-0.25, -0.2) is 4.39 Å². The monoisotopic (exact) mass is 348 g/mol. The van der Waals surface area contributed by atoms with E-state index in [-0.39, 0.29) is 22.8 Å². The van der Waals surface area contributed by atoms with Gasteiger partial charge in [-0.3, -0.25) is 9.59 Å². The fraction of sp³-hybridized carbons (Fsp3) is 0.579. The van der Waals surface area contributed by atoms with Gasteiger partial charge in [-0.15, -0.1) is 0 Å².